The van der Waals surface area contributed by atoms with E-state index in [1.807, 2.05) is 36.4 Å². The van der Waals surface area contributed by atoms with Crippen LogP contribution in [0.4, 0.5) is 0 Å². The molecular formula is C28H32N2O3. The highest BCUT2D eigenvalue weighted by Gasteiger charge is 2.34. The average molecular weight is 445 g/mol. The number of rotatable bonds is 8. The molecule has 1 aromatic heterocycles. The number of hydrogen-bond donors (Lipinski definition) is 1. The lowest BCUT2D eigenvalue weighted by Crippen LogP contribution is -2.47. The van der Waals surface area contributed by atoms with Crippen LogP contribution in [0.5, 0.6) is 0 Å². The van der Waals surface area contributed by atoms with Crippen LogP contribution in [-0.2, 0) is 11.2 Å². The molecular weight excluding hydrogens is 412 g/mol. The van der Waals surface area contributed by atoms with Crippen LogP contribution in [0.3, 0.4) is 0 Å². The van der Waals surface area contributed by atoms with Crippen molar-refractivity contribution >= 4 is 11.8 Å². The van der Waals surface area contributed by atoms with Crippen LogP contribution in [0.2, 0.25) is 0 Å². The van der Waals surface area contributed by atoms with Gasteiger partial charge in [-0.3, -0.25) is 9.59 Å². The van der Waals surface area contributed by atoms with Crippen LogP contribution in [0.1, 0.15) is 65.4 Å². The Morgan fingerprint density at radius 1 is 1.00 bits per heavy atom. The van der Waals surface area contributed by atoms with Gasteiger partial charge in [0.15, 0.2) is 5.76 Å². The van der Waals surface area contributed by atoms with E-state index in [0.29, 0.717) is 13.0 Å². The van der Waals surface area contributed by atoms with E-state index in [0.717, 1.165) is 36.8 Å². The molecule has 172 valence electrons. The normalized spacial score (nSPS) is 15.1. The van der Waals surface area contributed by atoms with E-state index in [9.17, 15) is 9.59 Å². The predicted octanol–water partition coefficient (Wildman–Crippen LogP) is 5.46. The van der Waals surface area contributed by atoms with Crippen molar-refractivity contribution in [2.24, 2.45) is 0 Å². The Bertz CT molecular complexity index is 1040. The zero-order valence-electron chi connectivity index (χ0n) is 19.2. The molecule has 0 bridgehead atoms. The van der Waals surface area contributed by atoms with Crippen molar-refractivity contribution in [2.75, 3.05) is 6.54 Å². The van der Waals surface area contributed by atoms with E-state index >= 15 is 0 Å². The van der Waals surface area contributed by atoms with Gasteiger partial charge < -0.3 is 14.6 Å². The molecule has 4 rings (SSSR count). The molecule has 0 spiro atoms. The molecule has 5 nitrogen and oxygen atoms in total. The number of hydrogen-bond acceptors (Lipinski definition) is 3. The topological polar surface area (TPSA) is 62.6 Å². The zero-order valence-corrected chi connectivity index (χ0v) is 19.2. The van der Waals surface area contributed by atoms with Crippen molar-refractivity contribution in [2.45, 2.75) is 57.5 Å². The van der Waals surface area contributed by atoms with Gasteiger partial charge in [-0.2, -0.15) is 0 Å². The van der Waals surface area contributed by atoms with Gasteiger partial charge in [0.1, 0.15) is 6.04 Å². The summed E-state index contributed by atoms with van der Waals surface area (Å²) in [5, 5.41) is 3.24. The molecule has 2 amide bonds. The van der Waals surface area contributed by atoms with Gasteiger partial charge >= 0.3 is 0 Å². The van der Waals surface area contributed by atoms with E-state index in [1.54, 1.807) is 17.0 Å². The third kappa shape index (κ3) is 5.92. The number of nitrogens with one attached hydrogen (secondary N) is 1. The van der Waals surface area contributed by atoms with E-state index in [2.05, 4.69) is 30.4 Å². The summed E-state index contributed by atoms with van der Waals surface area (Å²) in [7, 11) is 0. The minimum absolute atomic E-state index is 0.128. The molecule has 0 radical (unpaired) electrons. The fourth-order valence-corrected chi connectivity index (χ4v) is 4.64. The number of furan rings is 1. The Balaban J connectivity index is 1.65. The van der Waals surface area contributed by atoms with Crippen molar-refractivity contribution in [1.82, 2.24) is 10.2 Å². The molecule has 1 fully saturated rings. The number of amides is 2. The molecule has 1 atom stereocenters. The lowest BCUT2D eigenvalue weighted by molar-refractivity contribution is -0.126. The molecule has 33 heavy (non-hydrogen) atoms. The highest BCUT2D eigenvalue weighted by atomic mass is 16.3. The average Bonchev–Trinajstić information content (AvgIpc) is 3.37. The second kappa shape index (κ2) is 11.0. The first-order valence-corrected chi connectivity index (χ1v) is 11.9. The Labute approximate surface area is 195 Å². The van der Waals surface area contributed by atoms with Gasteiger partial charge in [-0.25, -0.2) is 0 Å². The first-order chi connectivity index (χ1) is 16.1. The molecule has 1 unspecified atom stereocenters. The van der Waals surface area contributed by atoms with Crippen LogP contribution >= 0.6 is 0 Å². The molecule has 1 aliphatic carbocycles. The maximum Gasteiger partial charge on any atom is 0.290 e. The number of nitrogens with zero attached hydrogens (tertiary/aromatic N) is 1. The highest BCUT2D eigenvalue weighted by molar-refractivity contribution is 5.96. The van der Waals surface area contributed by atoms with Crippen molar-refractivity contribution in [3.8, 4) is 0 Å². The standard InChI is InChI=1S/C28H32N2O3/c1-21-10-8-11-22(20-21)17-18-30(28(32)25-16-9-19-33-25)26(23-12-4-2-5-13-23)27(31)29-24-14-6-3-7-15-24/h2,4-5,8-13,16,19-20,24,26H,3,6-7,14-15,17-18H2,1H3,(H,29,31). The molecule has 0 aliphatic heterocycles. The monoisotopic (exact) mass is 444 g/mol. The molecule has 1 aliphatic rings. The maximum absolute atomic E-state index is 13.7. The van der Waals surface area contributed by atoms with Gasteiger partial charge in [0.2, 0.25) is 5.91 Å². The summed E-state index contributed by atoms with van der Waals surface area (Å²) in [6, 6.07) is 20.6. The minimum Gasteiger partial charge on any atom is -0.459 e. The summed E-state index contributed by atoms with van der Waals surface area (Å²) < 4.78 is 5.44. The van der Waals surface area contributed by atoms with Crippen LogP contribution in [0, 0.1) is 6.92 Å². The summed E-state index contributed by atoms with van der Waals surface area (Å²) in [5.74, 6) is -0.164. The molecule has 0 saturated heterocycles. The Kier molecular flexibility index (Phi) is 7.61. The predicted molar refractivity (Wildman–Crippen MR) is 129 cm³/mol. The number of carbonyl (C=O) groups excluding carboxylic acids is 2. The number of benzene rings is 2. The number of aryl methyl sites for hydroxylation is 1. The summed E-state index contributed by atoms with van der Waals surface area (Å²) in [6.07, 6.45) is 7.59. The van der Waals surface area contributed by atoms with E-state index in [1.165, 1.54) is 18.2 Å². The SMILES string of the molecule is Cc1cccc(CCN(C(=O)c2ccco2)C(C(=O)NC2CCCCC2)c2ccccc2)c1. The van der Waals surface area contributed by atoms with E-state index < -0.39 is 6.04 Å². The van der Waals surface area contributed by atoms with Gasteiger partial charge in [0, 0.05) is 12.6 Å². The van der Waals surface area contributed by atoms with Crippen LogP contribution in [-0.4, -0.2) is 29.3 Å². The summed E-state index contributed by atoms with van der Waals surface area (Å²) in [5.41, 5.74) is 3.10. The van der Waals surface area contributed by atoms with E-state index in [4.69, 9.17) is 4.42 Å². The lowest BCUT2D eigenvalue weighted by atomic mass is 9.94. The first-order valence-electron chi connectivity index (χ1n) is 11.9. The smallest absolute Gasteiger partial charge is 0.290 e. The second-order valence-electron chi connectivity index (χ2n) is 8.87. The van der Waals surface area contributed by atoms with Gasteiger partial charge in [0.05, 0.1) is 6.26 Å². The largest absolute Gasteiger partial charge is 0.459 e. The molecule has 2 aromatic carbocycles. The highest BCUT2D eigenvalue weighted by Crippen LogP contribution is 2.26. The molecule has 5 heteroatoms. The van der Waals surface area contributed by atoms with Gasteiger partial charge in [-0.15, -0.1) is 0 Å². The van der Waals surface area contributed by atoms with Crippen molar-refractivity contribution in [3.05, 3.63) is 95.4 Å². The Morgan fingerprint density at radius 2 is 1.79 bits per heavy atom. The van der Waals surface area contributed by atoms with E-state index in [-0.39, 0.29) is 23.6 Å². The van der Waals surface area contributed by atoms with Crippen LogP contribution in [0.25, 0.3) is 0 Å². The third-order valence-corrected chi connectivity index (χ3v) is 6.34. The van der Waals surface area contributed by atoms with Gasteiger partial charge in [-0.05, 0) is 49.4 Å². The van der Waals surface area contributed by atoms with Crippen molar-refractivity contribution < 1.29 is 14.0 Å². The molecule has 1 saturated carbocycles. The maximum atomic E-state index is 13.7. The van der Waals surface area contributed by atoms with Crippen LogP contribution in [0.15, 0.2) is 77.4 Å². The third-order valence-electron chi connectivity index (χ3n) is 6.34. The van der Waals surface area contributed by atoms with Crippen molar-refractivity contribution in [1.29, 1.82) is 0 Å². The summed E-state index contributed by atoms with van der Waals surface area (Å²) >= 11 is 0. The molecule has 1 heterocycles. The molecule has 3 aromatic rings. The lowest BCUT2D eigenvalue weighted by Gasteiger charge is -2.33. The van der Waals surface area contributed by atoms with Gasteiger partial charge in [-0.1, -0.05) is 79.4 Å². The zero-order chi connectivity index (χ0) is 23.0. The summed E-state index contributed by atoms with van der Waals surface area (Å²) in [6.45, 7) is 2.46. The van der Waals surface area contributed by atoms with Crippen molar-refractivity contribution in [3.63, 3.8) is 0 Å². The second-order valence-corrected chi connectivity index (χ2v) is 8.87. The van der Waals surface area contributed by atoms with Gasteiger partial charge in [0.25, 0.3) is 5.91 Å². The van der Waals surface area contributed by atoms with Crippen LogP contribution < -0.4 is 5.32 Å². The first kappa shape index (κ1) is 22.8. The fourth-order valence-electron chi connectivity index (χ4n) is 4.64. The molecule has 1 N–H and O–H groups in total. The Hall–Kier alpha value is -3.34. The Morgan fingerprint density at radius 3 is 2.48 bits per heavy atom. The quantitative estimate of drug-likeness (QED) is 0.502. The fraction of sp³-hybridized carbons (Fsp3) is 0.357. The number of carbonyl (C=O) groups is 2. The summed E-state index contributed by atoms with van der Waals surface area (Å²) in [4.78, 5) is 28.9. The minimum atomic E-state index is -0.726.